The van der Waals surface area contributed by atoms with E-state index in [0.717, 1.165) is 37.1 Å². The maximum absolute atomic E-state index is 9.90. The molecule has 2 atom stereocenters. The van der Waals surface area contributed by atoms with Crippen molar-refractivity contribution >= 4 is 5.69 Å². The molecule has 112 valence electrons. The summed E-state index contributed by atoms with van der Waals surface area (Å²) < 4.78 is 2.23. The molecule has 1 aromatic carbocycles. The first-order chi connectivity index (χ1) is 10.1. The van der Waals surface area contributed by atoms with E-state index in [-0.39, 0.29) is 6.10 Å². The van der Waals surface area contributed by atoms with Crippen LogP contribution < -0.4 is 4.90 Å². The SMILES string of the molecule is CN(C)c1ccc(-c2nccn2[C@@H]2CCC[C@H](O)C2)cc1. The number of aliphatic hydroxyl groups excluding tert-OH is 1. The van der Waals surface area contributed by atoms with E-state index in [0.29, 0.717) is 6.04 Å². The first kappa shape index (κ1) is 14.1. The van der Waals surface area contributed by atoms with Gasteiger partial charge in [0.25, 0.3) is 0 Å². The summed E-state index contributed by atoms with van der Waals surface area (Å²) in [7, 11) is 4.08. The molecule has 4 nitrogen and oxygen atoms in total. The summed E-state index contributed by atoms with van der Waals surface area (Å²) in [6, 6.07) is 8.83. The third-order valence-electron chi connectivity index (χ3n) is 4.32. The minimum atomic E-state index is -0.171. The Bertz CT molecular complexity index is 588. The van der Waals surface area contributed by atoms with Crippen molar-refractivity contribution in [2.24, 2.45) is 0 Å². The molecule has 0 radical (unpaired) electrons. The Morgan fingerprint density at radius 1 is 1.19 bits per heavy atom. The molecule has 2 aromatic rings. The lowest BCUT2D eigenvalue weighted by Gasteiger charge is -2.28. The van der Waals surface area contributed by atoms with Crippen molar-refractivity contribution in [3.05, 3.63) is 36.7 Å². The van der Waals surface area contributed by atoms with Crippen LogP contribution in [0.5, 0.6) is 0 Å². The number of benzene rings is 1. The Kier molecular flexibility index (Phi) is 3.97. The first-order valence-electron chi connectivity index (χ1n) is 7.64. The molecule has 0 spiro atoms. The molecular formula is C17H23N3O. The number of nitrogens with zero attached hydrogens (tertiary/aromatic N) is 3. The molecule has 1 fully saturated rings. The highest BCUT2D eigenvalue weighted by Gasteiger charge is 2.23. The Balaban J connectivity index is 1.87. The average molecular weight is 285 g/mol. The fraction of sp³-hybridized carbons (Fsp3) is 0.471. The van der Waals surface area contributed by atoms with Gasteiger partial charge < -0.3 is 14.6 Å². The lowest BCUT2D eigenvalue weighted by Crippen LogP contribution is -2.22. The monoisotopic (exact) mass is 285 g/mol. The molecular weight excluding hydrogens is 262 g/mol. The van der Waals surface area contributed by atoms with Gasteiger partial charge in [0.05, 0.1) is 6.10 Å². The second kappa shape index (κ2) is 5.90. The smallest absolute Gasteiger partial charge is 0.140 e. The third-order valence-corrected chi connectivity index (χ3v) is 4.32. The van der Waals surface area contributed by atoms with Crippen LogP contribution in [0.15, 0.2) is 36.7 Å². The van der Waals surface area contributed by atoms with Gasteiger partial charge in [-0.1, -0.05) is 0 Å². The fourth-order valence-electron chi connectivity index (χ4n) is 3.13. The van der Waals surface area contributed by atoms with Gasteiger partial charge in [-0.05, 0) is 49.9 Å². The van der Waals surface area contributed by atoms with E-state index >= 15 is 0 Å². The summed E-state index contributed by atoms with van der Waals surface area (Å²) in [5.41, 5.74) is 2.32. The van der Waals surface area contributed by atoms with Crippen molar-refractivity contribution < 1.29 is 5.11 Å². The summed E-state index contributed by atoms with van der Waals surface area (Å²) in [6.45, 7) is 0. The molecule has 21 heavy (non-hydrogen) atoms. The summed E-state index contributed by atoms with van der Waals surface area (Å²) >= 11 is 0. The number of anilines is 1. The van der Waals surface area contributed by atoms with Crippen LogP contribution in [0.25, 0.3) is 11.4 Å². The summed E-state index contributed by atoms with van der Waals surface area (Å²) in [4.78, 5) is 6.62. The average Bonchev–Trinajstić information content (AvgIpc) is 2.97. The van der Waals surface area contributed by atoms with Crippen molar-refractivity contribution in [2.45, 2.75) is 37.8 Å². The maximum Gasteiger partial charge on any atom is 0.140 e. The second-order valence-electron chi connectivity index (χ2n) is 6.07. The molecule has 1 aromatic heterocycles. The van der Waals surface area contributed by atoms with Crippen molar-refractivity contribution in [3.8, 4) is 11.4 Å². The molecule has 0 bridgehead atoms. The first-order valence-corrected chi connectivity index (χ1v) is 7.64. The standard InChI is InChI=1S/C17H23N3O/c1-19(2)14-8-6-13(7-9-14)17-18-10-11-20(17)15-4-3-5-16(21)12-15/h6-11,15-16,21H,3-5,12H2,1-2H3/t15-,16+/m1/s1. The van der Waals surface area contributed by atoms with Gasteiger partial charge in [-0.3, -0.25) is 0 Å². The summed E-state index contributed by atoms with van der Waals surface area (Å²) in [5, 5.41) is 9.90. The zero-order valence-corrected chi connectivity index (χ0v) is 12.7. The van der Waals surface area contributed by atoms with Crippen LogP contribution >= 0.6 is 0 Å². The number of aliphatic hydroxyl groups is 1. The van der Waals surface area contributed by atoms with E-state index in [2.05, 4.69) is 38.7 Å². The molecule has 1 aliphatic rings. The molecule has 0 saturated heterocycles. The van der Waals surface area contributed by atoms with E-state index < -0.39 is 0 Å². The molecule has 1 N–H and O–H groups in total. The van der Waals surface area contributed by atoms with E-state index in [1.54, 1.807) is 0 Å². The Morgan fingerprint density at radius 3 is 2.62 bits per heavy atom. The van der Waals surface area contributed by atoms with Gasteiger partial charge >= 0.3 is 0 Å². The minimum absolute atomic E-state index is 0.171. The Morgan fingerprint density at radius 2 is 1.95 bits per heavy atom. The number of hydrogen-bond acceptors (Lipinski definition) is 3. The Labute approximate surface area is 126 Å². The van der Waals surface area contributed by atoms with Crippen molar-refractivity contribution in [2.75, 3.05) is 19.0 Å². The second-order valence-corrected chi connectivity index (χ2v) is 6.07. The van der Waals surface area contributed by atoms with Gasteiger partial charge in [0.15, 0.2) is 0 Å². The lowest BCUT2D eigenvalue weighted by atomic mass is 9.92. The summed E-state index contributed by atoms with van der Waals surface area (Å²) in [6.07, 6.45) is 7.69. The highest BCUT2D eigenvalue weighted by Crippen LogP contribution is 2.32. The number of aromatic nitrogens is 2. The molecule has 1 aliphatic carbocycles. The zero-order valence-electron chi connectivity index (χ0n) is 12.7. The van der Waals surface area contributed by atoms with E-state index in [4.69, 9.17) is 0 Å². The molecule has 0 unspecified atom stereocenters. The van der Waals surface area contributed by atoms with Crippen molar-refractivity contribution in [1.29, 1.82) is 0 Å². The Hall–Kier alpha value is -1.81. The van der Waals surface area contributed by atoms with Gasteiger partial charge in [0, 0.05) is 43.8 Å². The minimum Gasteiger partial charge on any atom is -0.393 e. The molecule has 1 heterocycles. The quantitative estimate of drug-likeness (QED) is 0.942. The van der Waals surface area contributed by atoms with Gasteiger partial charge in [-0.2, -0.15) is 0 Å². The third kappa shape index (κ3) is 2.95. The maximum atomic E-state index is 9.90. The predicted molar refractivity (Wildman–Crippen MR) is 85.5 cm³/mol. The lowest BCUT2D eigenvalue weighted by molar-refractivity contribution is 0.104. The molecule has 1 saturated carbocycles. The number of imidazole rings is 1. The normalized spacial score (nSPS) is 22.2. The number of rotatable bonds is 3. The molecule has 0 aliphatic heterocycles. The molecule has 4 heteroatoms. The summed E-state index contributed by atoms with van der Waals surface area (Å²) in [5.74, 6) is 0.999. The van der Waals surface area contributed by atoms with Crippen LogP contribution in [0.2, 0.25) is 0 Å². The highest BCUT2D eigenvalue weighted by atomic mass is 16.3. The van der Waals surface area contributed by atoms with Gasteiger partial charge in [0.2, 0.25) is 0 Å². The van der Waals surface area contributed by atoms with Crippen LogP contribution in [-0.2, 0) is 0 Å². The van der Waals surface area contributed by atoms with Gasteiger partial charge in [0.1, 0.15) is 5.82 Å². The van der Waals surface area contributed by atoms with Crippen LogP contribution in [0.3, 0.4) is 0 Å². The largest absolute Gasteiger partial charge is 0.393 e. The predicted octanol–water partition coefficient (Wildman–Crippen LogP) is 3.09. The van der Waals surface area contributed by atoms with Gasteiger partial charge in [-0.15, -0.1) is 0 Å². The molecule has 3 rings (SSSR count). The van der Waals surface area contributed by atoms with Crippen LogP contribution in [-0.4, -0.2) is 34.9 Å². The van der Waals surface area contributed by atoms with Crippen LogP contribution in [0.4, 0.5) is 5.69 Å². The molecule has 0 amide bonds. The van der Waals surface area contributed by atoms with Crippen LogP contribution in [0.1, 0.15) is 31.7 Å². The zero-order chi connectivity index (χ0) is 14.8. The topological polar surface area (TPSA) is 41.3 Å². The fourth-order valence-corrected chi connectivity index (χ4v) is 3.13. The van der Waals surface area contributed by atoms with Gasteiger partial charge in [-0.25, -0.2) is 4.98 Å². The van der Waals surface area contributed by atoms with E-state index in [1.807, 2.05) is 26.5 Å². The van der Waals surface area contributed by atoms with Crippen molar-refractivity contribution in [3.63, 3.8) is 0 Å². The van der Waals surface area contributed by atoms with E-state index in [9.17, 15) is 5.11 Å². The van der Waals surface area contributed by atoms with Crippen molar-refractivity contribution in [1.82, 2.24) is 9.55 Å². The number of hydrogen-bond donors (Lipinski definition) is 1. The van der Waals surface area contributed by atoms with E-state index in [1.165, 1.54) is 5.69 Å². The van der Waals surface area contributed by atoms with Crippen LogP contribution in [0, 0.1) is 0 Å². The highest BCUT2D eigenvalue weighted by molar-refractivity contribution is 5.60.